The number of nitrogens with one attached hydrogen (secondary N) is 1. The molecule has 0 saturated heterocycles. The van der Waals surface area contributed by atoms with Crippen LogP contribution in [0.1, 0.15) is 16.7 Å². The minimum absolute atomic E-state index is 0.629. The number of ether oxygens (including phenoxy) is 1. The van der Waals surface area contributed by atoms with E-state index in [0.717, 1.165) is 28.1 Å². The largest absolute Gasteiger partial charge is 0.496 e. The lowest BCUT2D eigenvalue weighted by molar-refractivity contribution is 0.411. The van der Waals surface area contributed by atoms with Crippen LogP contribution in [0.15, 0.2) is 18.3 Å². The highest BCUT2D eigenvalue weighted by atomic mass is 16.5. The average Bonchev–Trinajstić information content (AvgIpc) is 2.43. The smallest absolute Gasteiger partial charge is 0.222 e. The number of aryl methyl sites for hydroxylation is 1. The standard InChI is InChI=1S/C15H19N3O/c1-9-8-13(19-5)10(2)11(3)14(9)12-6-7-17-15(16-4)18-12/h6-8H,1-5H3,(H,16,17,18). The van der Waals surface area contributed by atoms with E-state index in [2.05, 4.69) is 42.1 Å². The lowest BCUT2D eigenvalue weighted by Crippen LogP contribution is -2.00. The van der Waals surface area contributed by atoms with Gasteiger partial charge in [0.05, 0.1) is 12.8 Å². The van der Waals surface area contributed by atoms with Crippen LogP contribution in [0.25, 0.3) is 11.3 Å². The number of nitrogens with zero attached hydrogens (tertiary/aromatic N) is 2. The summed E-state index contributed by atoms with van der Waals surface area (Å²) in [6, 6.07) is 3.99. The normalized spacial score (nSPS) is 10.4. The topological polar surface area (TPSA) is 47.0 Å². The zero-order chi connectivity index (χ0) is 14.0. The Hall–Kier alpha value is -2.10. The van der Waals surface area contributed by atoms with Gasteiger partial charge in [-0.2, -0.15) is 0 Å². The number of aromatic nitrogens is 2. The monoisotopic (exact) mass is 257 g/mol. The molecule has 0 saturated carbocycles. The number of hydrogen-bond donors (Lipinski definition) is 1. The number of benzene rings is 1. The highest BCUT2D eigenvalue weighted by Gasteiger charge is 2.13. The van der Waals surface area contributed by atoms with E-state index < -0.39 is 0 Å². The van der Waals surface area contributed by atoms with E-state index in [1.54, 1.807) is 13.3 Å². The summed E-state index contributed by atoms with van der Waals surface area (Å²) in [6.45, 7) is 6.24. The van der Waals surface area contributed by atoms with Crippen molar-refractivity contribution in [2.75, 3.05) is 19.5 Å². The van der Waals surface area contributed by atoms with Crippen LogP contribution in [0.4, 0.5) is 5.95 Å². The van der Waals surface area contributed by atoms with Gasteiger partial charge in [-0.05, 0) is 49.6 Å². The summed E-state index contributed by atoms with van der Waals surface area (Å²) in [4.78, 5) is 8.67. The fraction of sp³-hybridized carbons (Fsp3) is 0.333. The van der Waals surface area contributed by atoms with Crippen molar-refractivity contribution in [3.8, 4) is 17.0 Å². The van der Waals surface area contributed by atoms with Crippen LogP contribution in [0.2, 0.25) is 0 Å². The first-order chi connectivity index (χ1) is 9.08. The first-order valence-corrected chi connectivity index (χ1v) is 6.24. The molecule has 0 unspecified atom stereocenters. The van der Waals surface area contributed by atoms with Crippen LogP contribution in [-0.4, -0.2) is 24.1 Å². The van der Waals surface area contributed by atoms with Crippen molar-refractivity contribution in [2.45, 2.75) is 20.8 Å². The van der Waals surface area contributed by atoms with Gasteiger partial charge in [-0.3, -0.25) is 0 Å². The van der Waals surface area contributed by atoms with Crippen LogP contribution in [0.3, 0.4) is 0 Å². The summed E-state index contributed by atoms with van der Waals surface area (Å²) in [7, 11) is 3.52. The van der Waals surface area contributed by atoms with E-state index in [0.29, 0.717) is 5.95 Å². The molecule has 2 rings (SSSR count). The van der Waals surface area contributed by atoms with Gasteiger partial charge in [0.1, 0.15) is 5.75 Å². The fourth-order valence-corrected chi connectivity index (χ4v) is 2.27. The molecule has 0 radical (unpaired) electrons. The summed E-state index contributed by atoms with van der Waals surface area (Å²) in [5.74, 6) is 1.55. The Balaban J connectivity index is 2.65. The molecule has 0 spiro atoms. The molecule has 1 heterocycles. The van der Waals surface area contributed by atoms with Crippen LogP contribution in [-0.2, 0) is 0 Å². The van der Waals surface area contributed by atoms with E-state index in [4.69, 9.17) is 4.74 Å². The molecule has 0 amide bonds. The second-order valence-electron chi connectivity index (χ2n) is 4.54. The van der Waals surface area contributed by atoms with Gasteiger partial charge in [0.25, 0.3) is 0 Å². The molecule has 0 aliphatic rings. The highest BCUT2D eigenvalue weighted by Crippen LogP contribution is 2.33. The van der Waals surface area contributed by atoms with E-state index in [1.165, 1.54) is 5.56 Å². The van der Waals surface area contributed by atoms with Gasteiger partial charge in [-0.15, -0.1) is 0 Å². The predicted octanol–water partition coefficient (Wildman–Crippen LogP) is 3.12. The van der Waals surface area contributed by atoms with Gasteiger partial charge in [0.15, 0.2) is 0 Å². The molecule has 19 heavy (non-hydrogen) atoms. The van der Waals surface area contributed by atoms with Crippen molar-refractivity contribution in [3.63, 3.8) is 0 Å². The van der Waals surface area contributed by atoms with Crippen molar-refractivity contribution in [3.05, 3.63) is 35.0 Å². The van der Waals surface area contributed by atoms with Gasteiger partial charge < -0.3 is 10.1 Å². The molecule has 100 valence electrons. The summed E-state index contributed by atoms with van der Waals surface area (Å²) in [5.41, 5.74) is 5.57. The quantitative estimate of drug-likeness (QED) is 0.917. The minimum atomic E-state index is 0.629. The minimum Gasteiger partial charge on any atom is -0.496 e. The maximum Gasteiger partial charge on any atom is 0.222 e. The third-order valence-electron chi connectivity index (χ3n) is 3.40. The van der Waals surface area contributed by atoms with E-state index in [-0.39, 0.29) is 0 Å². The van der Waals surface area contributed by atoms with Crippen molar-refractivity contribution < 1.29 is 4.74 Å². The zero-order valence-electron chi connectivity index (χ0n) is 12.0. The van der Waals surface area contributed by atoms with Crippen molar-refractivity contribution >= 4 is 5.95 Å². The molecule has 0 atom stereocenters. The van der Waals surface area contributed by atoms with E-state index in [1.807, 2.05) is 13.1 Å². The molecule has 4 nitrogen and oxygen atoms in total. The highest BCUT2D eigenvalue weighted by molar-refractivity contribution is 5.71. The molecule has 0 fully saturated rings. The molecule has 0 aliphatic heterocycles. The van der Waals surface area contributed by atoms with E-state index >= 15 is 0 Å². The van der Waals surface area contributed by atoms with Gasteiger partial charge in [0.2, 0.25) is 5.95 Å². The van der Waals surface area contributed by atoms with Crippen LogP contribution in [0.5, 0.6) is 5.75 Å². The third-order valence-corrected chi connectivity index (χ3v) is 3.40. The fourth-order valence-electron chi connectivity index (χ4n) is 2.27. The third kappa shape index (κ3) is 2.38. The molecule has 1 aromatic carbocycles. The van der Waals surface area contributed by atoms with Gasteiger partial charge in [-0.25, -0.2) is 9.97 Å². The van der Waals surface area contributed by atoms with Crippen LogP contribution >= 0.6 is 0 Å². The van der Waals surface area contributed by atoms with Crippen molar-refractivity contribution in [2.24, 2.45) is 0 Å². The molecular formula is C15H19N3O. The Morgan fingerprint density at radius 1 is 1.16 bits per heavy atom. The average molecular weight is 257 g/mol. The molecule has 0 bridgehead atoms. The Morgan fingerprint density at radius 3 is 2.53 bits per heavy atom. The first kappa shape index (κ1) is 13.3. The summed E-state index contributed by atoms with van der Waals surface area (Å²) in [5, 5.41) is 2.97. The predicted molar refractivity (Wildman–Crippen MR) is 77.8 cm³/mol. The lowest BCUT2D eigenvalue weighted by atomic mass is 9.95. The Bertz CT molecular complexity index is 609. The molecule has 4 heteroatoms. The molecule has 0 aliphatic carbocycles. The number of hydrogen-bond acceptors (Lipinski definition) is 4. The van der Waals surface area contributed by atoms with Crippen LogP contribution in [0, 0.1) is 20.8 Å². The maximum atomic E-state index is 5.40. The van der Waals surface area contributed by atoms with Gasteiger partial charge >= 0.3 is 0 Å². The van der Waals surface area contributed by atoms with E-state index in [9.17, 15) is 0 Å². The van der Waals surface area contributed by atoms with Gasteiger partial charge in [-0.1, -0.05) is 0 Å². The second kappa shape index (κ2) is 5.26. The molecule has 2 aromatic rings. The first-order valence-electron chi connectivity index (χ1n) is 6.24. The number of anilines is 1. The Labute approximate surface area is 113 Å². The Kier molecular flexibility index (Phi) is 3.69. The second-order valence-corrected chi connectivity index (χ2v) is 4.54. The SMILES string of the molecule is CNc1nccc(-c2c(C)cc(OC)c(C)c2C)n1. The maximum absolute atomic E-state index is 5.40. The summed E-state index contributed by atoms with van der Waals surface area (Å²) >= 11 is 0. The molecule has 1 aromatic heterocycles. The van der Waals surface area contributed by atoms with Crippen molar-refractivity contribution in [1.29, 1.82) is 0 Å². The molecule has 1 N–H and O–H groups in total. The summed E-state index contributed by atoms with van der Waals surface area (Å²) in [6.07, 6.45) is 1.77. The number of methoxy groups -OCH3 is 1. The summed E-state index contributed by atoms with van der Waals surface area (Å²) < 4.78 is 5.40. The van der Waals surface area contributed by atoms with Crippen LogP contribution < -0.4 is 10.1 Å². The zero-order valence-corrected chi connectivity index (χ0v) is 12.0. The Morgan fingerprint density at radius 2 is 1.89 bits per heavy atom. The molecular weight excluding hydrogens is 238 g/mol. The number of rotatable bonds is 3. The van der Waals surface area contributed by atoms with Crippen molar-refractivity contribution in [1.82, 2.24) is 9.97 Å². The van der Waals surface area contributed by atoms with Gasteiger partial charge in [0, 0.05) is 18.8 Å². The lowest BCUT2D eigenvalue weighted by Gasteiger charge is -2.15.